The van der Waals surface area contributed by atoms with Crippen molar-refractivity contribution in [2.45, 2.75) is 32.9 Å². The van der Waals surface area contributed by atoms with E-state index in [9.17, 15) is 19.5 Å². The number of anilines is 1. The SMILES string of the molecule is CC(C)(C)OC(=O)NCCNCc1ccc(C(=O)Nc2sc3c(Cl)c(O)c(Cl)cc3c2C(N)=O)cc1. The quantitative estimate of drug-likeness (QED) is 0.252. The molecule has 0 aliphatic rings. The van der Waals surface area contributed by atoms with E-state index in [1.54, 1.807) is 45.0 Å². The minimum atomic E-state index is -0.767. The zero-order chi connectivity index (χ0) is 26.6. The zero-order valence-corrected chi connectivity index (χ0v) is 22.2. The van der Waals surface area contributed by atoms with Crippen molar-refractivity contribution in [2.75, 3.05) is 18.4 Å². The predicted octanol–water partition coefficient (Wildman–Crippen LogP) is 4.88. The number of benzene rings is 2. The molecule has 1 heterocycles. The summed E-state index contributed by atoms with van der Waals surface area (Å²) in [4.78, 5) is 36.6. The summed E-state index contributed by atoms with van der Waals surface area (Å²) in [6, 6.07) is 8.27. The molecule has 192 valence electrons. The van der Waals surface area contributed by atoms with Crippen LogP contribution in [-0.2, 0) is 11.3 Å². The molecule has 0 aliphatic heterocycles. The summed E-state index contributed by atoms with van der Waals surface area (Å²) in [5, 5.41) is 19.0. The van der Waals surface area contributed by atoms with Crippen LogP contribution in [0.25, 0.3) is 10.1 Å². The Labute approximate surface area is 221 Å². The summed E-state index contributed by atoms with van der Waals surface area (Å²) in [7, 11) is 0. The van der Waals surface area contributed by atoms with E-state index in [4.69, 9.17) is 33.7 Å². The number of ether oxygens (including phenoxy) is 1. The van der Waals surface area contributed by atoms with Crippen molar-refractivity contribution in [3.8, 4) is 5.75 Å². The van der Waals surface area contributed by atoms with Gasteiger partial charge in [-0.1, -0.05) is 35.3 Å². The molecule has 9 nitrogen and oxygen atoms in total. The maximum absolute atomic E-state index is 12.8. The molecule has 0 bridgehead atoms. The number of phenols is 1. The number of halogens is 2. The number of carbonyl (C=O) groups is 3. The number of thiophene rings is 1. The summed E-state index contributed by atoms with van der Waals surface area (Å²) in [6.45, 7) is 6.86. The van der Waals surface area contributed by atoms with Crippen LogP contribution in [0.2, 0.25) is 10.0 Å². The van der Waals surface area contributed by atoms with Gasteiger partial charge in [-0.3, -0.25) is 9.59 Å². The molecular formula is C24H26Cl2N4O5S. The van der Waals surface area contributed by atoms with Crippen molar-refractivity contribution in [1.82, 2.24) is 10.6 Å². The molecule has 0 saturated heterocycles. The van der Waals surface area contributed by atoms with Gasteiger partial charge in [0.25, 0.3) is 11.8 Å². The van der Waals surface area contributed by atoms with Gasteiger partial charge in [-0.25, -0.2) is 4.79 Å². The number of hydrogen-bond donors (Lipinski definition) is 5. The Balaban J connectivity index is 1.61. The monoisotopic (exact) mass is 552 g/mol. The van der Waals surface area contributed by atoms with Crippen molar-refractivity contribution >= 4 is 67.5 Å². The Bertz CT molecular complexity index is 1300. The minimum absolute atomic E-state index is 0.0244. The lowest BCUT2D eigenvalue weighted by Crippen LogP contribution is -2.36. The van der Waals surface area contributed by atoms with Gasteiger partial charge in [0.2, 0.25) is 0 Å². The predicted molar refractivity (Wildman–Crippen MR) is 142 cm³/mol. The second-order valence-corrected chi connectivity index (χ2v) is 10.6. The topological polar surface area (TPSA) is 143 Å². The minimum Gasteiger partial charge on any atom is -0.505 e. The Morgan fingerprint density at radius 3 is 2.39 bits per heavy atom. The first-order chi connectivity index (χ1) is 16.9. The van der Waals surface area contributed by atoms with E-state index in [1.807, 2.05) is 0 Å². The number of fused-ring (bicyclic) bond motifs is 1. The van der Waals surface area contributed by atoms with Crippen LogP contribution in [-0.4, -0.2) is 41.7 Å². The molecule has 3 aromatic rings. The number of carbonyl (C=O) groups excluding carboxylic acids is 3. The molecule has 12 heteroatoms. The van der Waals surface area contributed by atoms with Gasteiger partial charge in [-0.05, 0) is 44.5 Å². The number of hydrogen-bond acceptors (Lipinski definition) is 7. The molecule has 2 aromatic carbocycles. The van der Waals surface area contributed by atoms with Crippen LogP contribution >= 0.6 is 34.5 Å². The fraction of sp³-hybridized carbons (Fsp3) is 0.292. The molecule has 0 unspecified atom stereocenters. The average Bonchev–Trinajstić information content (AvgIpc) is 3.14. The van der Waals surface area contributed by atoms with E-state index in [1.165, 1.54) is 6.07 Å². The van der Waals surface area contributed by atoms with E-state index < -0.39 is 23.5 Å². The molecule has 0 atom stereocenters. The molecule has 3 rings (SSSR count). The molecule has 0 saturated carbocycles. The number of amides is 3. The second kappa shape index (κ2) is 11.3. The maximum Gasteiger partial charge on any atom is 0.407 e. The number of rotatable bonds is 8. The summed E-state index contributed by atoms with van der Waals surface area (Å²) in [5.74, 6) is -1.53. The lowest BCUT2D eigenvalue weighted by atomic mass is 10.1. The van der Waals surface area contributed by atoms with Crippen molar-refractivity contribution < 1.29 is 24.2 Å². The largest absolute Gasteiger partial charge is 0.505 e. The molecule has 0 fully saturated rings. The highest BCUT2D eigenvalue weighted by Gasteiger charge is 2.23. The third kappa shape index (κ3) is 6.79. The van der Waals surface area contributed by atoms with Gasteiger partial charge >= 0.3 is 6.09 Å². The molecule has 1 aromatic heterocycles. The van der Waals surface area contributed by atoms with Crippen molar-refractivity contribution in [1.29, 1.82) is 0 Å². The van der Waals surface area contributed by atoms with Crippen LogP contribution < -0.4 is 21.7 Å². The number of aromatic hydroxyl groups is 1. The lowest BCUT2D eigenvalue weighted by molar-refractivity contribution is 0.0528. The Morgan fingerprint density at radius 1 is 1.11 bits per heavy atom. The highest BCUT2D eigenvalue weighted by atomic mass is 35.5. The van der Waals surface area contributed by atoms with E-state index in [0.29, 0.717) is 35.3 Å². The standard InChI is InChI=1S/C24H26Cl2N4O5S/c1-24(2,3)35-23(34)29-9-8-28-11-12-4-6-13(7-5-12)21(33)30-22-16(20(27)32)14-10-15(25)18(31)17(26)19(14)36-22/h4-7,10,28,31H,8-9,11H2,1-3H3,(H2,27,32)(H,29,34)(H,30,33). The number of alkyl carbamates (subject to hydrolysis) is 1. The van der Waals surface area contributed by atoms with Gasteiger partial charge in [-0.15, -0.1) is 11.3 Å². The van der Waals surface area contributed by atoms with Gasteiger partial charge < -0.3 is 31.5 Å². The van der Waals surface area contributed by atoms with E-state index >= 15 is 0 Å². The van der Waals surface area contributed by atoms with Crippen LogP contribution in [0.4, 0.5) is 9.80 Å². The van der Waals surface area contributed by atoms with Crippen molar-refractivity contribution in [3.05, 3.63) is 57.1 Å². The Kier molecular flexibility index (Phi) is 8.67. The molecule has 0 aliphatic carbocycles. The Morgan fingerprint density at radius 2 is 1.78 bits per heavy atom. The van der Waals surface area contributed by atoms with Gasteiger partial charge in [-0.2, -0.15) is 0 Å². The maximum atomic E-state index is 12.8. The van der Waals surface area contributed by atoms with Crippen LogP contribution in [0, 0.1) is 0 Å². The first-order valence-electron chi connectivity index (χ1n) is 10.9. The summed E-state index contributed by atoms with van der Waals surface area (Å²) < 4.78 is 5.55. The number of nitrogens with one attached hydrogen (secondary N) is 3. The van der Waals surface area contributed by atoms with E-state index in [-0.39, 0.29) is 26.4 Å². The van der Waals surface area contributed by atoms with E-state index in [0.717, 1.165) is 16.9 Å². The van der Waals surface area contributed by atoms with Crippen LogP contribution in [0.1, 0.15) is 47.1 Å². The molecule has 6 N–H and O–H groups in total. The second-order valence-electron chi connectivity index (χ2n) is 8.82. The normalized spacial score (nSPS) is 11.4. The van der Waals surface area contributed by atoms with Gasteiger partial charge in [0, 0.05) is 30.6 Å². The number of nitrogens with two attached hydrogens (primary N) is 1. The van der Waals surface area contributed by atoms with Gasteiger partial charge in [0.1, 0.15) is 15.6 Å². The van der Waals surface area contributed by atoms with Crippen LogP contribution in [0.5, 0.6) is 5.75 Å². The summed E-state index contributed by atoms with van der Waals surface area (Å²) >= 11 is 13.2. The third-order valence-corrected chi connectivity index (χ3v) is 6.75. The van der Waals surface area contributed by atoms with Crippen molar-refractivity contribution in [3.63, 3.8) is 0 Å². The smallest absolute Gasteiger partial charge is 0.407 e. The van der Waals surface area contributed by atoms with Crippen LogP contribution in [0.3, 0.4) is 0 Å². The molecule has 0 spiro atoms. The van der Waals surface area contributed by atoms with E-state index in [2.05, 4.69) is 16.0 Å². The Hall–Kier alpha value is -3.05. The fourth-order valence-corrected chi connectivity index (χ4v) is 4.92. The summed E-state index contributed by atoms with van der Waals surface area (Å²) in [5.41, 5.74) is 6.35. The highest BCUT2D eigenvalue weighted by Crippen LogP contribution is 2.46. The first-order valence-corrected chi connectivity index (χ1v) is 12.5. The molecule has 36 heavy (non-hydrogen) atoms. The molecule has 0 radical (unpaired) electrons. The third-order valence-electron chi connectivity index (χ3n) is 4.84. The molecule has 3 amide bonds. The first kappa shape index (κ1) is 27.5. The van der Waals surface area contributed by atoms with Gasteiger partial charge in [0.15, 0.2) is 5.75 Å². The van der Waals surface area contributed by atoms with Gasteiger partial charge in [0.05, 0.1) is 15.3 Å². The van der Waals surface area contributed by atoms with Crippen LogP contribution in [0.15, 0.2) is 30.3 Å². The molecular weight excluding hydrogens is 527 g/mol. The van der Waals surface area contributed by atoms with Crippen molar-refractivity contribution in [2.24, 2.45) is 5.73 Å². The highest BCUT2D eigenvalue weighted by molar-refractivity contribution is 7.24. The fourth-order valence-electron chi connectivity index (χ4n) is 3.23. The zero-order valence-electron chi connectivity index (χ0n) is 19.8. The number of primary amides is 1. The average molecular weight is 553 g/mol. The number of phenolic OH excluding ortho intramolecular Hbond substituents is 1. The lowest BCUT2D eigenvalue weighted by Gasteiger charge is -2.19. The summed E-state index contributed by atoms with van der Waals surface area (Å²) in [6.07, 6.45) is -0.472.